The van der Waals surface area contributed by atoms with Crippen molar-refractivity contribution in [3.05, 3.63) is 38.3 Å². The summed E-state index contributed by atoms with van der Waals surface area (Å²) in [4.78, 5) is 27.1. The number of thioether (sulfide) groups is 1. The number of hydrogen-bond donors (Lipinski definition) is 2. The largest absolute Gasteiger partial charge is 0.493 e. The number of carbonyl (C=O) groups is 1. The molecule has 2 bridgehead atoms. The Morgan fingerprint density at radius 3 is 2.89 bits per heavy atom. The lowest BCUT2D eigenvalue weighted by Crippen LogP contribution is -2.33. The van der Waals surface area contributed by atoms with E-state index in [0.717, 1.165) is 21.4 Å². The van der Waals surface area contributed by atoms with E-state index in [1.807, 2.05) is 23.9 Å². The Bertz CT molecular complexity index is 983. The Morgan fingerprint density at radius 1 is 1.29 bits per heavy atom. The predicted molar refractivity (Wildman–Crippen MR) is 107 cm³/mol. The number of H-pyrrole nitrogens is 1. The molecule has 28 heavy (non-hydrogen) atoms. The van der Waals surface area contributed by atoms with Crippen molar-refractivity contribution in [1.82, 2.24) is 4.98 Å². The summed E-state index contributed by atoms with van der Waals surface area (Å²) in [6.07, 6.45) is 3.85. The first-order valence-corrected chi connectivity index (χ1v) is 11.2. The lowest BCUT2D eigenvalue weighted by molar-refractivity contribution is -0.139. The molecule has 1 aromatic carbocycles. The SMILES string of the molecule is COc1cc([C@@H]2c3sc(=O)[nH]c3S[C@@H]3[C@@H]4CC[C@@H](C4)[C@H]23)ccc1OCC(=O)O. The monoisotopic (exact) mass is 419 g/mol. The fraction of sp³-hybridized carbons (Fsp3) is 0.500. The molecule has 1 aliphatic heterocycles. The van der Waals surface area contributed by atoms with Crippen molar-refractivity contribution in [2.24, 2.45) is 17.8 Å². The van der Waals surface area contributed by atoms with Crippen LogP contribution in [0.1, 0.15) is 35.6 Å². The highest BCUT2D eigenvalue weighted by atomic mass is 32.2. The smallest absolute Gasteiger partial charge is 0.341 e. The van der Waals surface area contributed by atoms with Crippen molar-refractivity contribution in [2.45, 2.75) is 35.5 Å². The molecule has 5 rings (SSSR count). The Morgan fingerprint density at radius 2 is 2.11 bits per heavy atom. The number of carboxylic acid groups (broad SMARTS) is 1. The highest BCUT2D eigenvalue weighted by Crippen LogP contribution is 2.63. The van der Waals surface area contributed by atoms with Crippen LogP contribution >= 0.6 is 23.1 Å². The van der Waals surface area contributed by atoms with Gasteiger partial charge in [-0.05, 0) is 54.7 Å². The maximum atomic E-state index is 12.1. The Balaban J connectivity index is 1.56. The molecule has 2 aromatic rings. The van der Waals surface area contributed by atoms with Crippen molar-refractivity contribution in [3.63, 3.8) is 0 Å². The molecule has 3 aliphatic rings. The standard InChI is InChI=1S/C20H21NO5S2/c1-25-13-7-10(4-5-12(13)26-8-14(22)23)16-15-9-2-3-11(6-9)17(15)27-19-18(16)28-20(24)21-19/h4-5,7,9,11,15-17H,2-3,6,8H2,1H3,(H,21,24)(H,22,23)/t9-,11+,15+,16-,17+/m0/s1. The average molecular weight is 420 g/mol. The second kappa shape index (κ2) is 6.84. The first kappa shape index (κ1) is 18.1. The van der Waals surface area contributed by atoms with Crippen molar-refractivity contribution < 1.29 is 19.4 Å². The van der Waals surface area contributed by atoms with Crippen molar-refractivity contribution in [2.75, 3.05) is 13.7 Å². The highest BCUT2D eigenvalue weighted by molar-refractivity contribution is 8.00. The fourth-order valence-corrected chi connectivity index (χ4v) is 8.25. The maximum Gasteiger partial charge on any atom is 0.341 e. The van der Waals surface area contributed by atoms with E-state index in [0.29, 0.717) is 28.6 Å². The van der Waals surface area contributed by atoms with Gasteiger partial charge in [0.1, 0.15) is 0 Å². The number of methoxy groups -OCH3 is 1. The molecule has 8 heteroatoms. The van der Waals surface area contributed by atoms with Crippen LogP contribution in [0.4, 0.5) is 0 Å². The first-order chi connectivity index (χ1) is 13.5. The molecule has 5 atom stereocenters. The normalized spacial score (nSPS) is 30.0. The zero-order valence-electron chi connectivity index (χ0n) is 15.3. The zero-order valence-corrected chi connectivity index (χ0v) is 17.0. The van der Waals surface area contributed by atoms with E-state index in [9.17, 15) is 9.59 Å². The van der Waals surface area contributed by atoms with Crippen LogP contribution in [0.15, 0.2) is 28.0 Å². The number of ether oxygens (including phenoxy) is 2. The molecule has 2 fully saturated rings. The maximum absolute atomic E-state index is 12.1. The molecule has 2 N–H and O–H groups in total. The number of aromatic amines is 1. The summed E-state index contributed by atoms with van der Waals surface area (Å²) in [5.74, 6) is 2.06. The van der Waals surface area contributed by atoms with Gasteiger partial charge in [0.05, 0.1) is 12.1 Å². The van der Waals surface area contributed by atoms with Crippen LogP contribution in [-0.4, -0.2) is 35.0 Å². The van der Waals surface area contributed by atoms with Gasteiger partial charge >= 0.3 is 10.8 Å². The van der Waals surface area contributed by atoms with Crippen LogP contribution in [0.5, 0.6) is 11.5 Å². The van der Waals surface area contributed by atoms with Gasteiger partial charge in [-0.2, -0.15) is 0 Å². The summed E-state index contributed by atoms with van der Waals surface area (Å²) in [5, 5.41) is 10.4. The number of nitrogens with one attached hydrogen (secondary N) is 1. The summed E-state index contributed by atoms with van der Waals surface area (Å²) in [5.41, 5.74) is 1.11. The van der Waals surface area contributed by atoms with Gasteiger partial charge < -0.3 is 19.6 Å². The van der Waals surface area contributed by atoms with E-state index in [-0.39, 0.29) is 10.8 Å². The molecule has 0 unspecified atom stereocenters. The molecule has 2 saturated carbocycles. The molecule has 2 heterocycles. The Kier molecular flexibility index (Phi) is 4.43. The van der Waals surface area contributed by atoms with Crippen LogP contribution in [-0.2, 0) is 4.79 Å². The molecule has 0 radical (unpaired) electrons. The fourth-order valence-electron chi connectivity index (χ4n) is 5.36. The number of thiazole rings is 1. The second-order valence-corrected chi connectivity index (χ2v) is 9.97. The molecule has 6 nitrogen and oxygen atoms in total. The third-order valence-electron chi connectivity index (χ3n) is 6.36. The van der Waals surface area contributed by atoms with Gasteiger partial charge in [-0.1, -0.05) is 17.4 Å². The molecule has 0 spiro atoms. The minimum absolute atomic E-state index is 0.00296. The van der Waals surface area contributed by atoms with E-state index < -0.39 is 12.6 Å². The quantitative estimate of drug-likeness (QED) is 0.770. The number of aliphatic carboxylic acids is 1. The van der Waals surface area contributed by atoms with Gasteiger partial charge in [-0.3, -0.25) is 4.79 Å². The van der Waals surface area contributed by atoms with Crippen molar-refractivity contribution >= 4 is 29.1 Å². The van der Waals surface area contributed by atoms with Crippen LogP contribution in [0.25, 0.3) is 0 Å². The molecular formula is C20H21NO5S2. The summed E-state index contributed by atoms with van der Waals surface area (Å²) in [6, 6.07) is 5.74. The minimum Gasteiger partial charge on any atom is -0.493 e. The van der Waals surface area contributed by atoms with Crippen molar-refractivity contribution in [1.29, 1.82) is 0 Å². The van der Waals surface area contributed by atoms with Gasteiger partial charge in [0.25, 0.3) is 0 Å². The van der Waals surface area contributed by atoms with E-state index in [1.165, 1.54) is 30.6 Å². The summed E-state index contributed by atoms with van der Waals surface area (Å²) < 4.78 is 10.8. The predicted octanol–water partition coefficient (Wildman–Crippen LogP) is 3.56. The van der Waals surface area contributed by atoms with Gasteiger partial charge in [-0.15, -0.1) is 11.8 Å². The molecule has 1 aromatic heterocycles. The third-order valence-corrected chi connectivity index (χ3v) is 8.99. The molecule has 0 amide bonds. The number of carboxylic acids is 1. The Labute approximate surface area is 170 Å². The summed E-state index contributed by atoms with van der Waals surface area (Å²) >= 11 is 3.19. The lowest BCUT2D eigenvalue weighted by atomic mass is 9.75. The lowest BCUT2D eigenvalue weighted by Gasteiger charge is -2.40. The molecule has 148 valence electrons. The van der Waals surface area contributed by atoms with Crippen LogP contribution in [0.3, 0.4) is 0 Å². The number of rotatable bonds is 5. The topological polar surface area (TPSA) is 88.6 Å². The molecular weight excluding hydrogens is 398 g/mol. The number of aromatic nitrogens is 1. The number of fused-ring (bicyclic) bond motifs is 6. The van der Waals surface area contributed by atoms with E-state index >= 15 is 0 Å². The Hall–Kier alpha value is -1.93. The number of benzene rings is 1. The van der Waals surface area contributed by atoms with Gasteiger partial charge in [0.2, 0.25) is 0 Å². The third kappa shape index (κ3) is 2.85. The van der Waals surface area contributed by atoms with Gasteiger partial charge in [-0.25, -0.2) is 4.79 Å². The van der Waals surface area contributed by atoms with Crippen LogP contribution < -0.4 is 14.3 Å². The second-order valence-electron chi connectivity index (χ2n) is 7.77. The highest BCUT2D eigenvalue weighted by Gasteiger charge is 2.54. The van der Waals surface area contributed by atoms with E-state index in [4.69, 9.17) is 14.6 Å². The van der Waals surface area contributed by atoms with Crippen molar-refractivity contribution in [3.8, 4) is 11.5 Å². The first-order valence-electron chi connectivity index (χ1n) is 9.47. The van der Waals surface area contributed by atoms with Gasteiger partial charge in [0, 0.05) is 16.0 Å². The minimum atomic E-state index is -1.03. The van der Waals surface area contributed by atoms with E-state index in [2.05, 4.69) is 4.98 Å². The zero-order chi connectivity index (χ0) is 19.4. The van der Waals surface area contributed by atoms with E-state index in [1.54, 1.807) is 13.2 Å². The van der Waals surface area contributed by atoms with Crippen LogP contribution in [0.2, 0.25) is 0 Å². The summed E-state index contributed by atoms with van der Waals surface area (Å²) in [6.45, 7) is -0.409. The molecule has 2 aliphatic carbocycles. The average Bonchev–Trinajstić information content (AvgIpc) is 3.38. The molecule has 0 saturated heterocycles. The van der Waals surface area contributed by atoms with Crippen LogP contribution in [0, 0.1) is 17.8 Å². The summed E-state index contributed by atoms with van der Waals surface area (Å²) in [7, 11) is 1.56. The van der Waals surface area contributed by atoms with Gasteiger partial charge in [0.15, 0.2) is 18.1 Å². The number of hydrogen-bond acceptors (Lipinski definition) is 6.